The lowest BCUT2D eigenvalue weighted by molar-refractivity contribution is -0.140. The maximum absolute atomic E-state index is 12.9. The van der Waals surface area contributed by atoms with Gasteiger partial charge in [0, 0.05) is 25.0 Å². The Kier molecular flexibility index (Phi) is 7.22. The molecule has 0 aliphatic heterocycles. The highest BCUT2D eigenvalue weighted by molar-refractivity contribution is 6.31. The van der Waals surface area contributed by atoms with Gasteiger partial charge in [-0.25, -0.2) is 0 Å². The van der Waals surface area contributed by atoms with Crippen LogP contribution in [0.3, 0.4) is 0 Å². The van der Waals surface area contributed by atoms with E-state index < -0.39 is 6.04 Å². The molecule has 0 heterocycles. The molecular weight excluding hydrogens is 348 g/mol. The topological polar surface area (TPSA) is 49.4 Å². The molecule has 5 heteroatoms. The zero-order valence-corrected chi connectivity index (χ0v) is 16.2. The summed E-state index contributed by atoms with van der Waals surface area (Å²) < 4.78 is 0. The van der Waals surface area contributed by atoms with E-state index >= 15 is 0 Å². The van der Waals surface area contributed by atoms with Crippen molar-refractivity contribution in [1.29, 1.82) is 0 Å². The third-order valence-electron chi connectivity index (χ3n) is 4.58. The van der Waals surface area contributed by atoms with Crippen LogP contribution >= 0.6 is 11.6 Å². The van der Waals surface area contributed by atoms with E-state index in [1.807, 2.05) is 55.5 Å². The van der Waals surface area contributed by atoms with Gasteiger partial charge in [-0.1, -0.05) is 54.1 Å². The fourth-order valence-electron chi connectivity index (χ4n) is 2.85. The predicted molar refractivity (Wildman–Crippen MR) is 105 cm³/mol. The summed E-state index contributed by atoms with van der Waals surface area (Å²) in [6.07, 6.45) is 0.847. The smallest absolute Gasteiger partial charge is 0.242 e. The van der Waals surface area contributed by atoms with Crippen LogP contribution in [0.2, 0.25) is 5.02 Å². The van der Waals surface area contributed by atoms with Gasteiger partial charge in [0.15, 0.2) is 0 Å². The van der Waals surface area contributed by atoms with Crippen LogP contribution in [-0.4, -0.2) is 29.8 Å². The maximum Gasteiger partial charge on any atom is 0.242 e. The fraction of sp³-hybridized carbons (Fsp3) is 0.333. The Morgan fingerprint density at radius 2 is 1.69 bits per heavy atom. The van der Waals surface area contributed by atoms with Crippen molar-refractivity contribution >= 4 is 23.4 Å². The van der Waals surface area contributed by atoms with E-state index in [1.165, 1.54) is 0 Å². The van der Waals surface area contributed by atoms with Gasteiger partial charge in [-0.15, -0.1) is 0 Å². The molecule has 0 aromatic heterocycles. The largest absolute Gasteiger partial charge is 0.357 e. The molecular formula is C21H25ClN2O2. The second-order valence-electron chi connectivity index (χ2n) is 6.33. The Balaban J connectivity index is 2.17. The van der Waals surface area contributed by atoms with Gasteiger partial charge in [0.25, 0.3) is 0 Å². The molecule has 2 aromatic rings. The third-order valence-corrected chi connectivity index (χ3v) is 4.95. The van der Waals surface area contributed by atoms with E-state index in [0.29, 0.717) is 24.4 Å². The summed E-state index contributed by atoms with van der Waals surface area (Å²) in [4.78, 5) is 26.7. The predicted octanol–water partition coefficient (Wildman–Crippen LogP) is 3.74. The van der Waals surface area contributed by atoms with Crippen molar-refractivity contribution in [2.45, 2.75) is 39.3 Å². The highest BCUT2D eigenvalue weighted by Gasteiger charge is 2.25. The molecule has 2 amide bonds. The number of benzene rings is 2. The second-order valence-corrected chi connectivity index (χ2v) is 6.74. The van der Waals surface area contributed by atoms with Crippen molar-refractivity contribution in [3.63, 3.8) is 0 Å². The van der Waals surface area contributed by atoms with Gasteiger partial charge in [0.05, 0.1) is 0 Å². The molecule has 0 saturated heterocycles. The maximum atomic E-state index is 12.9. The molecule has 26 heavy (non-hydrogen) atoms. The minimum absolute atomic E-state index is 0.0655. The van der Waals surface area contributed by atoms with Crippen LogP contribution in [-0.2, 0) is 22.6 Å². The number of hydrogen-bond donors (Lipinski definition) is 1. The Morgan fingerprint density at radius 3 is 2.31 bits per heavy atom. The van der Waals surface area contributed by atoms with Crippen LogP contribution in [0.1, 0.15) is 30.0 Å². The first-order valence-electron chi connectivity index (χ1n) is 8.73. The molecule has 2 rings (SSSR count). The monoisotopic (exact) mass is 372 g/mol. The SMILES string of the molecule is CNC(=O)C(C)N(Cc1ccccc1C)C(=O)CCc1ccccc1Cl. The van der Waals surface area contributed by atoms with Gasteiger partial charge in [-0.2, -0.15) is 0 Å². The average molecular weight is 373 g/mol. The van der Waals surface area contributed by atoms with Crippen LogP contribution in [0.15, 0.2) is 48.5 Å². The summed E-state index contributed by atoms with van der Waals surface area (Å²) in [6.45, 7) is 4.17. The van der Waals surface area contributed by atoms with Gasteiger partial charge in [0.1, 0.15) is 6.04 Å². The van der Waals surface area contributed by atoms with E-state index in [1.54, 1.807) is 18.9 Å². The summed E-state index contributed by atoms with van der Waals surface area (Å²) in [5.74, 6) is -0.242. The van der Waals surface area contributed by atoms with Gasteiger partial charge >= 0.3 is 0 Å². The quantitative estimate of drug-likeness (QED) is 0.804. The molecule has 1 N–H and O–H groups in total. The normalized spacial score (nSPS) is 11.7. The van der Waals surface area contributed by atoms with Crippen molar-refractivity contribution in [1.82, 2.24) is 10.2 Å². The molecule has 0 saturated carbocycles. The Bertz CT molecular complexity index is 776. The summed E-state index contributed by atoms with van der Waals surface area (Å²) in [5.41, 5.74) is 3.07. The lowest BCUT2D eigenvalue weighted by Crippen LogP contribution is -2.46. The third kappa shape index (κ3) is 5.09. The molecule has 0 fully saturated rings. The van der Waals surface area contributed by atoms with E-state index in [-0.39, 0.29) is 11.8 Å². The van der Waals surface area contributed by atoms with Crippen LogP contribution in [0.4, 0.5) is 0 Å². The molecule has 0 radical (unpaired) electrons. The summed E-state index contributed by atoms with van der Waals surface area (Å²) >= 11 is 6.18. The van der Waals surface area contributed by atoms with Crippen molar-refractivity contribution in [3.05, 3.63) is 70.2 Å². The number of aryl methyl sites for hydroxylation is 2. The summed E-state index contributed by atoms with van der Waals surface area (Å²) in [6, 6.07) is 14.9. The van der Waals surface area contributed by atoms with Gasteiger partial charge < -0.3 is 10.2 Å². The van der Waals surface area contributed by atoms with Gasteiger partial charge in [0.2, 0.25) is 11.8 Å². The lowest BCUT2D eigenvalue weighted by Gasteiger charge is -2.29. The summed E-state index contributed by atoms with van der Waals surface area (Å²) in [7, 11) is 1.58. The number of likely N-dealkylation sites (N-methyl/N-ethyl adjacent to an activating group) is 1. The number of rotatable bonds is 7. The van der Waals surface area contributed by atoms with Gasteiger partial charge in [-0.05, 0) is 43.0 Å². The number of hydrogen-bond acceptors (Lipinski definition) is 2. The van der Waals surface area contributed by atoms with Crippen LogP contribution in [0.5, 0.6) is 0 Å². The molecule has 0 aliphatic rings. The molecule has 2 aromatic carbocycles. The zero-order valence-electron chi connectivity index (χ0n) is 15.5. The number of halogens is 1. The molecule has 4 nitrogen and oxygen atoms in total. The summed E-state index contributed by atoms with van der Waals surface area (Å²) in [5, 5.41) is 3.29. The Hall–Kier alpha value is -2.33. The zero-order chi connectivity index (χ0) is 19.1. The van der Waals surface area contributed by atoms with E-state index in [0.717, 1.165) is 16.7 Å². The minimum Gasteiger partial charge on any atom is -0.357 e. The number of amides is 2. The van der Waals surface area contributed by atoms with Gasteiger partial charge in [-0.3, -0.25) is 9.59 Å². The highest BCUT2D eigenvalue weighted by atomic mass is 35.5. The minimum atomic E-state index is -0.543. The molecule has 0 aliphatic carbocycles. The van der Waals surface area contributed by atoms with E-state index in [4.69, 9.17) is 11.6 Å². The molecule has 1 unspecified atom stereocenters. The van der Waals surface area contributed by atoms with E-state index in [2.05, 4.69) is 5.32 Å². The average Bonchev–Trinajstić information content (AvgIpc) is 2.65. The number of carbonyl (C=O) groups is 2. The highest BCUT2D eigenvalue weighted by Crippen LogP contribution is 2.19. The standard InChI is InChI=1S/C21H25ClN2O2/c1-15-8-4-5-10-18(15)14-24(16(2)21(26)23-3)20(25)13-12-17-9-6-7-11-19(17)22/h4-11,16H,12-14H2,1-3H3,(H,23,26). The van der Waals surface area contributed by atoms with Crippen LogP contribution < -0.4 is 5.32 Å². The second kappa shape index (κ2) is 9.39. The molecule has 138 valence electrons. The van der Waals surface area contributed by atoms with Crippen LogP contribution in [0, 0.1) is 6.92 Å². The van der Waals surface area contributed by atoms with E-state index in [9.17, 15) is 9.59 Å². The van der Waals surface area contributed by atoms with Crippen molar-refractivity contribution < 1.29 is 9.59 Å². The molecule has 0 bridgehead atoms. The lowest BCUT2D eigenvalue weighted by atomic mass is 10.1. The van der Waals surface area contributed by atoms with Crippen molar-refractivity contribution in [3.8, 4) is 0 Å². The Morgan fingerprint density at radius 1 is 1.08 bits per heavy atom. The molecule has 0 spiro atoms. The van der Waals surface area contributed by atoms with Crippen molar-refractivity contribution in [2.24, 2.45) is 0 Å². The number of nitrogens with zero attached hydrogens (tertiary/aromatic N) is 1. The Labute approximate surface area is 160 Å². The number of carbonyl (C=O) groups excluding carboxylic acids is 2. The first kappa shape index (κ1) is 20.0. The first-order valence-corrected chi connectivity index (χ1v) is 9.10. The van der Waals surface area contributed by atoms with Crippen molar-refractivity contribution in [2.75, 3.05) is 7.05 Å². The fourth-order valence-corrected chi connectivity index (χ4v) is 3.08. The number of nitrogens with one attached hydrogen (secondary N) is 1. The van der Waals surface area contributed by atoms with Crippen LogP contribution in [0.25, 0.3) is 0 Å². The first-order chi connectivity index (χ1) is 12.4. The molecule has 1 atom stereocenters.